The third-order valence-corrected chi connectivity index (χ3v) is 3.85. The van der Waals surface area contributed by atoms with E-state index >= 15 is 0 Å². The van der Waals surface area contributed by atoms with Gasteiger partial charge < -0.3 is 4.90 Å². The number of carbonyl (C=O) groups is 1. The fourth-order valence-corrected chi connectivity index (χ4v) is 2.73. The zero-order valence-corrected chi connectivity index (χ0v) is 11.2. The van der Waals surface area contributed by atoms with E-state index in [1.54, 1.807) is 0 Å². The predicted molar refractivity (Wildman–Crippen MR) is 63.7 cm³/mol. The second-order valence-corrected chi connectivity index (χ2v) is 5.42. The summed E-state index contributed by atoms with van der Waals surface area (Å²) in [4.78, 5) is 12.7. The summed E-state index contributed by atoms with van der Waals surface area (Å²) in [7, 11) is 0. The summed E-state index contributed by atoms with van der Waals surface area (Å²) < 4.78 is 26.7. The molecule has 0 spiro atoms. The number of halogens is 4. The van der Waals surface area contributed by atoms with Crippen LogP contribution in [0.5, 0.6) is 0 Å². The molecule has 86 valence electrons. The summed E-state index contributed by atoms with van der Waals surface area (Å²) in [6.07, 6.45) is 0.613. The van der Waals surface area contributed by atoms with E-state index in [0.717, 1.165) is 12.1 Å². The molecule has 1 saturated heterocycles. The first-order valence-corrected chi connectivity index (χ1v) is 6.31. The van der Waals surface area contributed by atoms with Gasteiger partial charge in [0.2, 0.25) is 5.91 Å². The van der Waals surface area contributed by atoms with Gasteiger partial charge in [0.05, 0.1) is 10.5 Å². The van der Waals surface area contributed by atoms with Gasteiger partial charge in [-0.2, -0.15) is 0 Å². The molecule has 0 bridgehead atoms. The summed E-state index contributed by atoms with van der Waals surface area (Å²) in [5.74, 6) is -1.61. The van der Waals surface area contributed by atoms with Crippen LogP contribution in [0.15, 0.2) is 16.6 Å². The molecule has 1 atom stereocenters. The molecular formula is C10H7Br2F2NO. The van der Waals surface area contributed by atoms with Crippen LogP contribution in [-0.2, 0) is 4.79 Å². The molecule has 6 heteroatoms. The van der Waals surface area contributed by atoms with E-state index in [0.29, 0.717) is 13.0 Å². The molecule has 2 rings (SSSR count). The molecule has 1 aliphatic heterocycles. The Balaban J connectivity index is 2.45. The van der Waals surface area contributed by atoms with Crippen LogP contribution >= 0.6 is 31.9 Å². The lowest BCUT2D eigenvalue weighted by Crippen LogP contribution is -2.28. The molecule has 1 aromatic rings. The van der Waals surface area contributed by atoms with E-state index in [-0.39, 0.29) is 20.9 Å². The first kappa shape index (κ1) is 12.0. The van der Waals surface area contributed by atoms with Crippen LogP contribution in [0.4, 0.5) is 14.5 Å². The maximum Gasteiger partial charge on any atom is 0.240 e. The molecular weight excluding hydrogens is 348 g/mol. The van der Waals surface area contributed by atoms with Crippen LogP contribution in [0, 0.1) is 11.6 Å². The molecule has 1 heterocycles. The molecule has 1 amide bonds. The highest BCUT2D eigenvalue weighted by molar-refractivity contribution is 9.10. The number of carbonyl (C=O) groups excluding carboxylic acids is 1. The quantitative estimate of drug-likeness (QED) is 0.709. The lowest BCUT2D eigenvalue weighted by Gasteiger charge is -2.18. The van der Waals surface area contributed by atoms with Crippen molar-refractivity contribution >= 4 is 43.5 Å². The number of alkyl halides is 1. The fourth-order valence-electron chi connectivity index (χ4n) is 1.66. The number of anilines is 1. The van der Waals surface area contributed by atoms with Crippen molar-refractivity contribution in [2.45, 2.75) is 11.2 Å². The Hall–Kier alpha value is -0.490. The smallest absolute Gasteiger partial charge is 0.240 e. The third-order valence-electron chi connectivity index (χ3n) is 2.39. The highest BCUT2D eigenvalue weighted by Crippen LogP contribution is 2.34. The highest BCUT2D eigenvalue weighted by Gasteiger charge is 2.33. The summed E-state index contributed by atoms with van der Waals surface area (Å²) in [6, 6.07) is 1.92. The summed E-state index contributed by atoms with van der Waals surface area (Å²) in [5, 5.41) is 0. The predicted octanol–water partition coefficient (Wildman–Crippen LogP) is 3.23. The van der Waals surface area contributed by atoms with Crippen molar-refractivity contribution in [1.82, 2.24) is 0 Å². The van der Waals surface area contributed by atoms with Crippen LogP contribution in [0.25, 0.3) is 0 Å². The Labute approximate surface area is 108 Å². The first-order valence-electron chi connectivity index (χ1n) is 4.60. The standard InChI is InChI=1S/C10H7Br2F2NO/c11-6-1-2-15(10(6)16)9-7(12)3-5(13)4-8(9)14/h3-4,6H,1-2H2. The molecule has 0 radical (unpaired) electrons. The van der Waals surface area contributed by atoms with E-state index in [9.17, 15) is 13.6 Å². The summed E-state index contributed by atoms with van der Waals surface area (Å²) >= 11 is 6.27. The minimum absolute atomic E-state index is 0.105. The molecule has 1 aliphatic rings. The Morgan fingerprint density at radius 3 is 2.56 bits per heavy atom. The molecule has 16 heavy (non-hydrogen) atoms. The second kappa shape index (κ2) is 4.41. The van der Waals surface area contributed by atoms with Crippen LogP contribution in [-0.4, -0.2) is 17.3 Å². The molecule has 1 unspecified atom stereocenters. The number of amides is 1. The summed E-state index contributed by atoms with van der Waals surface area (Å²) in [6.45, 7) is 0.426. The zero-order chi connectivity index (χ0) is 11.9. The molecule has 0 aromatic heterocycles. The minimum atomic E-state index is -0.734. The van der Waals surface area contributed by atoms with Crippen LogP contribution < -0.4 is 4.90 Å². The van der Waals surface area contributed by atoms with E-state index in [1.165, 1.54) is 4.90 Å². The van der Waals surface area contributed by atoms with Crippen molar-refractivity contribution in [3.63, 3.8) is 0 Å². The Bertz CT molecular complexity index is 429. The topological polar surface area (TPSA) is 20.3 Å². The van der Waals surface area contributed by atoms with E-state index in [2.05, 4.69) is 31.9 Å². The number of hydrogen-bond donors (Lipinski definition) is 0. The normalized spacial score (nSPS) is 20.6. The van der Waals surface area contributed by atoms with Gasteiger partial charge in [-0.1, -0.05) is 15.9 Å². The van der Waals surface area contributed by atoms with Crippen LogP contribution in [0.1, 0.15) is 6.42 Å². The van der Waals surface area contributed by atoms with Crippen molar-refractivity contribution in [3.05, 3.63) is 28.2 Å². The van der Waals surface area contributed by atoms with Gasteiger partial charge in [-0.15, -0.1) is 0 Å². The molecule has 0 saturated carbocycles. The van der Waals surface area contributed by atoms with Gasteiger partial charge in [0.25, 0.3) is 0 Å². The monoisotopic (exact) mass is 353 g/mol. The van der Waals surface area contributed by atoms with Crippen molar-refractivity contribution in [2.24, 2.45) is 0 Å². The first-order chi connectivity index (χ1) is 7.50. The molecule has 0 aliphatic carbocycles. The number of hydrogen-bond acceptors (Lipinski definition) is 1. The van der Waals surface area contributed by atoms with Gasteiger partial charge in [0.1, 0.15) is 5.82 Å². The SMILES string of the molecule is O=C1C(Br)CCN1c1c(F)cc(F)cc1Br. The van der Waals surface area contributed by atoms with E-state index < -0.39 is 11.6 Å². The van der Waals surface area contributed by atoms with Crippen molar-refractivity contribution < 1.29 is 13.6 Å². The van der Waals surface area contributed by atoms with E-state index in [1.807, 2.05) is 0 Å². The highest BCUT2D eigenvalue weighted by atomic mass is 79.9. The van der Waals surface area contributed by atoms with Gasteiger partial charge in [0, 0.05) is 17.1 Å². The van der Waals surface area contributed by atoms with Gasteiger partial charge in [-0.25, -0.2) is 8.78 Å². The molecule has 0 N–H and O–H groups in total. The van der Waals surface area contributed by atoms with E-state index in [4.69, 9.17) is 0 Å². The number of nitrogens with zero attached hydrogens (tertiary/aromatic N) is 1. The van der Waals surface area contributed by atoms with Crippen LogP contribution in [0.2, 0.25) is 0 Å². The number of benzene rings is 1. The minimum Gasteiger partial charge on any atom is -0.308 e. The lowest BCUT2D eigenvalue weighted by molar-refractivity contribution is -0.116. The van der Waals surface area contributed by atoms with Gasteiger partial charge in [-0.05, 0) is 28.4 Å². The maximum atomic E-state index is 13.6. The number of rotatable bonds is 1. The average molecular weight is 355 g/mol. The van der Waals surface area contributed by atoms with Crippen molar-refractivity contribution in [1.29, 1.82) is 0 Å². The third kappa shape index (κ3) is 2.00. The molecule has 1 aromatic carbocycles. The van der Waals surface area contributed by atoms with Crippen LogP contribution in [0.3, 0.4) is 0 Å². The van der Waals surface area contributed by atoms with Gasteiger partial charge in [0.15, 0.2) is 5.82 Å². The lowest BCUT2D eigenvalue weighted by atomic mass is 10.2. The van der Waals surface area contributed by atoms with Gasteiger partial charge >= 0.3 is 0 Å². The molecule has 2 nitrogen and oxygen atoms in total. The molecule has 1 fully saturated rings. The fraction of sp³-hybridized carbons (Fsp3) is 0.300. The largest absolute Gasteiger partial charge is 0.308 e. The summed E-state index contributed by atoms with van der Waals surface area (Å²) in [5.41, 5.74) is 0.105. The van der Waals surface area contributed by atoms with Gasteiger partial charge in [-0.3, -0.25) is 4.79 Å². The van der Waals surface area contributed by atoms with Crippen molar-refractivity contribution in [2.75, 3.05) is 11.4 Å². The maximum absolute atomic E-state index is 13.6. The Kier molecular flexibility index (Phi) is 3.30. The average Bonchev–Trinajstić information content (AvgIpc) is 2.48. The Morgan fingerprint density at radius 2 is 2.06 bits per heavy atom. The van der Waals surface area contributed by atoms with Crippen molar-refractivity contribution in [3.8, 4) is 0 Å². The second-order valence-electron chi connectivity index (χ2n) is 3.46. The Morgan fingerprint density at radius 1 is 1.38 bits per heavy atom. The zero-order valence-electron chi connectivity index (χ0n) is 8.01.